The van der Waals surface area contributed by atoms with Crippen LogP contribution in [-0.4, -0.2) is 90.9 Å². The van der Waals surface area contributed by atoms with E-state index in [9.17, 15) is 23.9 Å². The predicted molar refractivity (Wildman–Crippen MR) is 193 cm³/mol. The molecule has 2 bridgehead atoms. The highest BCUT2D eigenvalue weighted by molar-refractivity contribution is 6.03. The van der Waals surface area contributed by atoms with Crippen LogP contribution < -0.4 is 14.5 Å². The second-order valence-corrected chi connectivity index (χ2v) is 14.0. The zero-order valence-electron chi connectivity index (χ0n) is 29.0. The van der Waals surface area contributed by atoms with Gasteiger partial charge in [-0.1, -0.05) is 18.6 Å². The third kappa shape index (κ3) is 5.64. The first-order valence-corrected chi connectivity index (χ1v) is 17.2. The lowest BCUT2D eigenvalue weighted by Gasteiger charge is -2.41. The number of amides is 1. The third-order valence-corrected chi connectivity index (χ3v) is 10.6. The standard InChI is InChI=1S/C39H32F3N9O3/c1-4-26-29(41)7-6-21-11-25(52)12-27(33(21)26)35-34(42)36-28(15-45-35)37(49-17-24-10-22(14-43)30(18-49)51(24)32(53)5-2)48-38(47-36)54-19-39(3)13-23(40)16-50(39)31-8-9-44-20-46-31/h1,5-9,11-12,15,20,22-24,30,52H,2,10,13,16-19H2,3H3/t22?,23-,24-,30-,39+/m1/s1. The number of nitrogens with zero attached hydrogens (tertiary/aromatic N) is 9. The maximum absolute atomic E-state index is 17.1. The minimum absolute atomic E-state index is 0.0406. The summed E-state index contributed by atoms with van der Waals surface area (Å²) < 4.78 is 53.3. The highest BCUT2D eigenvalue weighted by Gasteiger charge is 2.49. The number of aromatic nitrogens is 5. The number of phenols is 1. The van der Waals surface area contributed by atoms with Crippen molar-refractivity contribution in [2.75, 3.05) is 36.0 Å². The van der Waals surface area contributed by atoms with E-state index in [0.29, 0.717) is 17.6 Å². The lowest BCUT2D eigenvalue weighted by atomic mass is 9.96. The molecular formula is C39H32F3N9O3. The Morgan fingerprint density at radius 1 is 1.20 bits per heavy atom. The third-order valence-electron chi connectivity index (χ3n) is 10.6. The van der Waals surface area contributed by atoms with Crippen LogP contribution in [0, 0.1) is 41.2 Å². The minimum Gasteiger partial charge on any atom is -0.508 e. The molecule has 3 aliphatic heterocycles. The average Bonchev–Trinajstić information content (AvgIpc) is 3.60. The van der Waals surface area contributed by atoms with Gasteiger partial charge in [0.25, 0.3) is 0 Å². The number of anilines is 2. The molecule has 15 heteroatoms. The zero-order chi connectivity index (χ0) is 37.9. The molecule has 5 aromatic rings. The van der Waals surface area contributed by atoms with Crippen LogP contribution in [0.3, 0.4) is 0 Å². The number of fused-ring (bicyclic) bond motifs is 4. The van der Waals surface area contributed by atoms with Gasteiger partial charge in [-0.3, -0.25) is 9.78 Å². The van der Waals surface area contributed by atoms with Gasteiger partial charge < -0.3 is 24.5 Å². The van der Waals surface area contributed by atoms with Gasteiger partial charge in [-0.15, -0.1) is 6.42 Å². The maximum Gasteiger partial charge on any atom is 0.319 e. The van der Waals surface area contributed by atoms with E-state index >= 15 is 4.39 Å². The molecule has 12 nitrogen and oxygen atoms in total. The van der Waals surface area contributed by atoms with E-state index in [0.717, 1.165) is 0 Å². The molecule has 0 aliphatic carbocycles. The van der Waals surface area contributed by atoms with Gasteiger partial charge in [0.15, 0.2) is 5.82 Å². The second kappa shape index (κ2) is 13.2. The number of carbonyl (C=O) groups is 1. The van der Waals surface area contributed by atoms with Crippen LogP contribution in [0.5, 0.6) is 11.8 Å². The summed E-state index contributed by atoms with van der Waals surface area (Å²) in [6.07, 6.45) is 10.6. The second-order valence-electron chi connectivity index (χ2n) is 14.0. The van der Waals surface area contributed by atoms with Gasteiger partial charge in [-0.25, -0.2) is 23.1 Å². The molecule has 3 aromatic heterocycles. The van der Waals surface area contributed by atoms with Crippen molar-refractivity contribution < 1.29 is 27.8 Å². The van der Waals surface area contributed by atoms with Crippen LogP contribution in [0.1, 0.15) is 25.3 Å². The normalized spacial score (nSPS) is 23.4. The Bertz CT molecular complexity index is 2440. The summed E-state index contributed by atoms with van der Waals surface area (Å²) in [6, 6.07) is 8.16. The molecule has 5 atom stereocenters. The molecule has 0 spiro atoms. The molecule has 3 aliphatic rings. The van der Waals surface area contributed by atoms with Gasteiger partial charge in [0.2, 0.25) is 5.91 Å². The van der Waals surface area contributed by atoms with E-state index in [1.165, 1.54) is 42.9 Å². The van der Waals surface area contributed by atoms with Gasteiger partial charge >= 0.3 is 6.01 Å². The van der Waals surface area contributed by atoms with Gasteiger partial charge in [-0.05, 0) is 49.1 Å². The monoisotopic (exact) mass is 731 g/mol. The number of halogens is 3. The summed E-state index contributed by atoms with van der Waals surface area (Å²) >= 11 is 0. The van der Waals surface area contributed by atoms with Gasteiger partial charge in [0.05, 0.1) is 47.1 Å². The van der Waals surface area contributed by atoms with Crippen molar-refractivity contribution in [2.24, 2.45) is 5.92 Å². The lowest BCUT2D eigenvalue weighted by molar-refractivity contribution is -0.129. The van der Waals surface area contributed by atoms with Crippen LogP contribution >= 0.6 is 0 Å². The number of phenolic OH excluding ortho intramolecular Hbond substituents is 1. The van der Waals surface area contributed by atoms with Crippen molar-refractivity contribution in [1.29, 1.82) is 5.26 Å². The molecule has 6 heterocycles. The zero-order valence-corrected chi connectivity index (χ0v) is 29.0. The van der Waals surface area contributed by atoms with Gasteiger partial charge in [0, 0.05) is 42.9 Å². The Morgan fingerprint density at radius 2 is 2.04 bits per heavy atom. The molecule has 1 amide bonds. The van der Waals surface area contributed by atoms with Gasteiger partial charge in [0.1, 0.15) is 53.5 Å². The van der Waals surface area contributed by atoms with Crippen LogP contribution in [0.15, 0.2) is 61.7 Å². The molecule has 272 valence electrons. The summed E-state index contributed by atoms with van der Waals surface area (Å²) in [6.45, 7) is 5.86. The van der Waals surface area contributed by atoms with E-state index in [-0.39, 0.29) is 95.3 Å². The highest BCUT2D eigenvalue weighted by atomic mass is 19.1. The molecular weight excluding hydrogens is 699 g/mol. The number of piperazine rings is 1. The first-order valence-electron chi connectivity index (χ1n) is 17.2. The average molecular weight is 732 g/mol. The van der Waals surface area contributed by atoms with Crippen molar-refractivity contribution in [2.45, 2.75) is 43.6 Å². The molecule has 8 rings (SSSR count). The quantitative estimate of drug-likeness (QED) is 0.176. The predicted octanol–water partition coefficient (Wildman–Crippen LogP) is 5.10. The summed E-state index contributed by atoms with van der Waals surface area (Å²) in [5.41, 5.74) is -1.45. The van der Waals surface area contributed by atoms with E-state index in [1.54, 1.807) is 22.1 Å². The Balaban J connectivity index is 1.26. The van der Waals surface area contributed by atoms with Crippen LogP contribution in [-0.2, 0) is 4.79 Å². The Labute approximate surface area is 307 Å². The number of hydrogen-bond acceptors (Lipinski definition) is 11. The molecule has 3 saturated heterocycles. The number of pyridine rings is 1. The highest BCUT2D eigenvalue weighted by Crippen LogP contribution is 2.42. The summed E-state index contributed by atoms with van der Waals surface area (Å²) in [4.78, 5) is 40.2. The number of alkyl halides is 1. The number of hydrogen-bond donors (Lipinski definition) is 1. The fraction of sp³-hybridized carbons (Fsp3) is 0.308. The first kappa shape index (κ1) is 34.6. The number of benzene rings is 2. The number of terminal acetylenes is 1. The largest absolute Gasteiger partial charge is 0.508 e. The fourth-order valence-corrected chi connectivity index (χ4v) is 8.23. The first-order chi connectivity index (χ1) is 26.0. The molecule has 0 radical (unpaired) electrons. The number of rotatable bonds is 7. The van der Waals surface area contributed by atoms with Crippen molar-refractivity contribution in [3.63, 3.8) is 0 Å². The lowest BCUT2D eigenvalue weighted by Crippen LogP contribution is -2.56. The van der Waals surface area contributed by atoms with Crippen LogP contribution in [0.25, 0.3) is 32.9 Å². The van der Waals surface area contributed by atoms with E-state index < -0.39 is 35.3 Å². The number of carbonyl (C=O) groups excluding carboxylic acids is 1. The smallest absolute Gasteiger partial charge is 0.319 e. The maximum atomic E-state index is 17.1. The number of nitriles is 1. The Hall–Kier alpha value is -6.48. The summed E-state index contributed by atoms with van der Waals surface area (Å²) in [5, 5.41) is 21.3. The summed E-state index contributed by atoms with van der Waals surface area (Å²) in [7, 11) is 0. The SMILES string of the molecule is C#Cc1c(F)ccc2cc(O)cc(-c3ncc4c(N5C[C@H]6CC(C#N)[C@@H](C5)N6C(=O)C=C)nc(OC[C@]5(C)C[C@@H](F)CN5c5ccncn5)nc4c3F)c12. The number of ether oxygens (including phenoxy) is 1. The van der Waals surface area contributed by atoms with Crippen molar-refractivity contribution in [3.8, 4) is 41.4 Å². The number of aromatic hydroxyl groups is 1. The molecule has 0 saturated carbocycles. The van der Waals surface area contributed by atoms with E-state index in [4.69, 9.17) is 16.1 Å². The Morgan fingerprint density at radius 3 is 2.78 bits per heavy atom. The molecule has 54 heavy (non-hydrogen) atoms. The van der Waals surface area contributed by atoms with Crippen LogP contribution in [0.4, 0.5) is 24.8 Å². The Kier molecular flexibility index (Phi) is 8.44. The van der Waals surface area contributed by atoms with E-state index in [2.05, 4.69) is 38.5 Å². The van der Waals surface area contributed by atoms with Crippen molar-refractivity contribution >= 4 is 39.2 Å². The molecule has 3 fully saturated rings. The minimum atomic E-state index is -1.18. The molecule has 2 aromatic carbocycles. The van der Waals surface area contributed by atoms with Gasteiger partial charge in [-0.2, -0.15) is 15.2 Å². The van der Waals surface area contributed by atoms with Crippen molar-refractivity contribution in [1.82, 2.24) is 29.8 Å². The fourth-order valence-electron chi connectivity index (χ4n) is 8.23. The molecule has 1 unspecified atom stereocenters. The topological polar surface area (TPSA) is 144 Å². The van der Waals surface area contributed by atoms with Crippen molar-refractivity contribution in [3.05, 3.63) is 78.9 Å². The summed E-state index contributed by atoms with van der Waals surface area (Å²) in [5.74, 6) is 0.497. The van der Waals surface area contributed by atoms with Crippen LogP contribution in [0.2, 0.25) is 0 Å². The molecule has 1 N–H and O–H groups in total. The van der Waals surface area contributed by atoms with E-state index in [1.807, 2.05) is 11.8 Å².